The maximum Gasteiger partial charge on any atom is 0.225 e. The van der Waals surface area contributed by atoms with Crippen molar-refractivity contribution in [1.29, 1.82) is 0 Å². The van der Waals surface area contributed by atoms with Crippen molar-refractivity contribution in [2.24, 2.45) is 11.7 Å². The largest absolute Gasteiger partial charge is 0.341 e. The lowest BCUT2D eigenvalue weighted by molar-refractivity contribution is -0.135. The Balaban J connectivity index is 0.00000200. The van der Waals surface area contributed by atoms with Crippen molar-refractivity contribution in [2.75, 3.05) is 7.05 Å². The van der Waals surface area contributed by atoms with Gasteiger partial charge in [0.25, 0.3) is 0 Å². The second-order valence-corrected chi connectivity index (χ2v) is 6.26. The SMILES string of the molecule is CN(Cc1ccccc1Br)C(=O)C1CCCC(N)C1.Cl. The minimum atomic E-state index is 0. The molecule has 0 bridgehead atoms. The van der Waals surface area contributed by atoms with E-state index in [1.807, 2.05) is 36.2 Å². The van der Waals surface area contributed by atoms with Crippen LogP contribution in [0.1, 0.15) is 31.2 Å². The molecule has 2 atom stereocenters. The summed E-state index contributed by atoms with van der Waals surface area (Å²) < 4.78 is 1.05. The van der Waals surface area contributed by atoms with Crippen LogP contribution in [0.5, 0.6) is 0 Å². The van der Waals surface area contributed by atoms with Crippen LogP contribution in [0.15, 0.2) is 28.7 Å². The number of nitrogens with two attached hydrogens (primary N) is 1. The predicted molar refractivity (Wildman–Crippen MR) is 87.8 cm³/mol. The van der Waals surface area contributed by atoms with E-state index in [1.54, 1.807) is 0 Å². The van der Waals surface area contributed by atoms with Gasteiger partial charge < -0.3 is 10.6 Å². The number of halogens is 2. The van der Waals surface area contributed by atoms with Crippen molar-refractivity contribution in [2.45, 2.75) is 38.3 Å². The van der Waals surface area contributed by atoms with Crippen LogP contribution in [0.2, 0.25) is 0 Å². The molecule has 0 radical (unpaired) electrons. The second-order valence-electron chi connectivity index (χ2n) is 5.41. The van der Waals surface area contributed by atoms with Crippen molar-refractivity contribution >= 4 is 34.2 Å². The van der Waals surface area contributed by atoms with Crippen molar-refractivity contribution in [3.63, 3.8) is 0 Å². The number of rotatable bonds is 3. The molecule has 1 aromatic carbocycles. The zero-order chi connectivity index (χ0) is 13.8. The summed E-state index contributed by atoms with van der Waals surface area (Å²) >= 11 is 3.52. The van der Waals surface area contributed by atoms with Gasteiger partial charge in [-0.2, -0.15) is 0 Å². The van der Waals surface area contributed by atoms with Gasteiger partial charge in [-0.05, 0) is 30.9 Å². The molecule has 3 nitrogen and oxygen atoms in total. The quantitative estimate of drug-likeness (QED) is 0.897. The number of carbonyl (C=O) groups is 1. The Morgan fingerprint density at radius 2 is 2.10 bits per heavy atom. The Morgan fingerprint density at radius 3 is 2.75 bits per heavy atom. The molecule has 0 aromatic heterocycles. The highest BCUT2D eigenvalue weighted by Crippen LogP contribution is 2.26. The summed E-state index contributed by atoms with van der Waals surface area (Å²) in [6.07, 6.45) is 3.93. The molecule has 0 saturated heterocycles. The molecule has 2 rings (SSSR count). The summed E-state index contributed by atoms with van der Waals surface area (Å²) in [5.41, 5.74) is 7.10. The molecular formula is C15H22BrClN2O. The predicted octanol–water partition coefficient (Wildman–Crippen LogP) is 3.35. The number of nitrogens with zero attached hydrogens (tertiary/aromatic N) is 1. The summed E-state index contributed by atoms with van der Waals surface area (Å²) in [7, 11) is 1.88. The molecule has 1 aromatic rings. The Labute approximate surface area is 135 Å². The average Bonchev–Trinajstić information content (AvgIpc) is 2.40. The summed E-state index contributed by atoms with van der Waals surface area (Å²) in [5.74, 6) is 0.335. The maximum absolute atomic E-state index is 12.4. The van der Waals surface area contributed by atoms with E-state index in [9.17, 15) is 4.79 Å². The van der Waals surface area contributed by atoms with Crippen LogP contribution < -0.4 is 5.73 Å². The average molecular weight is 362 g/mol. The first-order valence-corrected chi connectivity index (χ1v) is 7.61. The van der Waals surface area contributed by atoms with Crippen LogP contribution >= 0.6 is 28.3 Å². The first kappa shape index (κ1) is 17.5. The minimum absolute atomic E-state index is 0. The van der Waals surface area contributed by atoms with E-state index < -0.39 is 0 Å². The van der Waals surface area contributed by atoms with Crippen LogP contribution in [-0.4, -0.2) is 23.9 Å². The summed E-state index contributed by atoms with van der Waals surface area (Å²) in [5, 5.41) is 0. The third kappa shape index (κ3) is 4.47. The number of hydrogen-bond acceptors (Lipinski definition) is 2. The fourth-order valence-electron chi connectivity index (χ4n) is 2.72. The van der Waals surface area contributed by atoms with Crippen LogP contribution in [0.3, 0.4) is 0 Å². The van der Waals surface area contributed by atoms with Crippen molar-refractivity contribution < 1.29 is 4.79 Å². The van der Waals surface area contributed by atoms with Crippen LogP contribution in [0.25, 0.3) is 0 Å². The van der Waals surface area contributed by atoms with Crippen LogP contribution in [0, 0.1) is 5.92 Å². The third-order valence-corrected chi connectivity index (χ3v) is 4.58. The third-order valence-electron chi connectivity index (χ3n) is 3.81. The van der Waals surface area contributed by atoms with E-state index in [1.165, 1.54) is 0 Å². The maximum atomic E-state index is 12.4. The lowest BCUT2D eigenvalue weighted by atomic mass is 9.85. The van der Waals surface area contributed by atoms with Crippen LogP contribution in [-0.2, 0) is 11.3 Å². The van der Waals surface area contributed by atoms with Gasteiger partial charge in [0.2, 0.25) is 5.91 Å². The van der Waals surface area contributed by atoms with Gasteiger partial charge >= 0.3 is 0 Å². The van der Waals surface area contributed by atoms with Crippen molar-refractivity contribution in [1.82, 2.24) is 4.90 Å². The van der Waals surface area contributed by atoms with Crippen molar-refractivity contribution in [3.05, 3.63) is 34.3 Å². The lowest BCUT2D eigenvalue weighted by Crippen LogP contribution is -2.38. The van der Waals surface area contributed by atoms with Crippen molar-refractivity contribution in [3.8, 4) is 0 Å². The Kier molecular flexibility index (Phi) is 7.00. The van der Waals surface area contributed by atoms with Gasteiger partial charge in [-0.3, -0.25) is 4.79 Å². The summed E-state index contributed by atoms with van der Waals surface area (Å²) in [6, 6.07) is 8.22. The topological polar surface area (TPSA) is 46.3 Å². The molecular weight excluding hydrogens is 340 g/mol. The first-order chi connectivity index (χ1) is 9.08. The molecule has 0 spiro atoms. The fourth-order valence-corrected chi connectivity index (χ4v) is 3.13. The van der Waals surface area contributed by atoms with Crippen LogP contribution in [0.4, 0.5) is 0 Å². The van der Waals surface area contributed by atoms with E-state index in [0.717, 1.165) is 35.7 Å². The molecule has 2 N–H and O–H groups in total. The molecule has 20 heavy (non-hydrogen) atoms. The van der Waals surface area contributed by atoms with Gasteiger partial charge in [-0.15, -0.1) is 12.4 Å². The van der Waals surface area contributed by atoms with Gasteiger partial charge in [0, 0.05) is 30.0 Å². The number of amides is 1. The van der Waals surface area contributed by atoms with Gasteiger partial charge in [0.1, 0.15) is 0 Å². The highest BCUT2D eigenvalue weighted by molar-refractivity contribution is 9.10. The molecule has 0 aliphatic heterocycles. The Hall–Kier alpha value is -0.580. The zero-order valence-electron chi connectivity index (χ0n) is 11.7. The van der Waals surface area contributed by atoms with E-state index >= 15 is 0 Å². The number of hydrogen-bond donors (Lipinski definition) is 1. The van der Waals surface area contributed by atoms with Gasteiger partial charge in [-0.25, -0.2) is 0 Å². The van der Waals surface area contributed by atoms with E-state index in [-0.39, 0.29) is 30.3 Å². The smallest absolute Gasteiger partial charge is 0.225 e. The normalized spacial score (nSPS) is 21.9. The summed E-state index contributed by atoms with van der Waals surface area (Å²) in [4.78, 5) is 14.2. The first-order valence-electron chi connectivity index (χ1n) is 6.82. The highest BCUT2D eigenvalue weighted by Gasteiger charge is 2.27. The number of benzene rings is 1. The molecule has 5 heteroatoms. The monoisotopic (exact) mass is 360 g/mol. The molecule has 112 valence electrons. The van der Waals surface area contributed by atoms with E-state index in [4.69, 9.17) is 5.73 Å². The molecule has 1 aliphatic rings. The van der Waals surface area contributed by atoms with E-state index in [0.29, 0.717) is 6.54 Å². The van der Waals surface area contributed by atoms with Gasteiger partial charge in [-0.1, -0.05) is 40.5 Å². The molecule has 2 unspecified atom stereocenters. The Morgan fingerprint density at radius 1 is 1.40 bits per heavy atom. The fraction of sp³-hybridized carbons (Fsp3) is 0.533. The highest BCUT2D eigenvalue weighted by atomic mass is 79.9. The zero-order valence-corrected chi connectivity index (χ0v) is 14.1. The standard InChI is InChI=1S/C15H21BrN2O.ClH/c1-18(10-12-5-2-3-8-14(12)16)15(19)11-6-4-7-13(17)9-11;/h2-3,5,8,11,13H,4,6-7,9-10,17H2,1H3;1H. The number of carbonyl (C=O) groups excluding carboxylic acids is 1. The minimum Gasteiger partial charge on any atom is -0.341 e. The molecule has 1 saturated carbocycles. The lowest BCUT2D eigenvalue weighted by Gasteiger charge is -2.29. The van der Waals surface area contributed by atoms with Gasteiger partial charge in [0.05, 0.1) is 0 Å². The molecule has 1 amide bonds. The second kappa shape index (κ2) is 8.01. The van der Waals surface area contributed by atoms with E-state index in [2.05, 4.69) is 15.9 Å². The Bertz CT molecular complexity index is 455. The summed E-state index contributed by atoms with van der Waals surface area (Å²) in [6.45, 7) is 0.645. The molecule has 0 heterocycles. The van der Waals surface area contributed by atoms with Gasteiger partial charge in [0.15, 0.2) is 0 Å². The molecule has 1 aliphatic carbocycles. The molecule has 1 fully saturated rings.